The number of rotatable bonds is 4. The summed E-state index contributed by atoms with van der Waals surface area (Å²) in [5.41, 5.74) is 0.853. The highest BCUT2D eigenvalue weighted by Gasteiger charge is 2.29. The van der Waals surface area contributed by atoms with Gasteiger partial charge in [-0.05, 0) is 30.5 Å². The first-order valence-electron chi connectivity index (χ1n) is 7.81. The van der Waals surface area contributed by atoms with Crippen LogP contribution in [0.15, 0.2) is 24.3 Å². The van der Waals surface area contributed by atoms with Gasteiger partial charge in [-0.15, -0.1) is 0 Å². The van der Waals surface area contributed by atoms with E-state index in [1.165, 1.54) is 0 Å². The molecular formula is C17H23ClN2O3. The zero-order chi connectivity index (χ0) is 17.0. The third-order valence-corrected chi connectivity index (χ3v) is 4.62. The van der Waals surface area contributed by atoms with Crippen molar-refractivity contribution >= 4 is 23.6 Å². The van der Waals surface area contributed by atoms with Crippen LogP contribution in [0.1, 0.15) is 32.3 Å². The molecule has 0 aromatic heterocycles. The molecule has 0 aliphatic carbocycles. The number of urea groups is 1. The van der Waals surface area contributed by atoms with Gasteiger partial charge in [0.25, 0.3) is 0 Å². The Morgan fingerprint density at radius 2 is 2.00 bits per heavy atom. The molecule has 1 saturated heterocycles. The van der Waals surface area contributed by atoms with E-state index in [0.717, 1.165) is 12.0 Å². The zero-order valence-corrected chi connectivity index (χ0v) is 14.3. The minimum absolute atomic E-state index is 0.196. The van der Waals surface area contributed by atoms with Crippen molar-refractivity contribution in [1.82, 2.24) is 10.2 Å². The fourth-order valence-electron chi connectivity index (χ4n) is 2.77. The molecule has 6 heteroatoms. The molecule has 126 valence electrons. The minimum atomic E-state index is -0.830. The summed E-state index contributed by atoms with van der Waals surface area (Å²) in [6.45, 7) is 5.46. The predicted molar refractivity (Wildman–Crippen MR) is 89.8 cm³/mol. The highest BCUT2D eigenvalue weighted by molar-refractivity contribution is 6.30. The lowest BCUT2D eigenvalue weighted by Crippen LogP contribution is -2.49. The first-order chi connectivity index (χ1) is 10.8. The van der Waals surface area contributed by atoms with Crippen molar-refractivity contribution in [3.63, 3.8) is 0 Å². The van der Waals surface area contributed by atoms with E-state index in [1.807, 2.05) is 38.1 Å². The monoisotopic (exact) mass is 338 g/mol. The summed E-state index contributed by atoms with van der Waals surface area (Å²) < 4.78 is 0. The largest absolute Gasteiger partial charge is 0.481 e. The number of nitrogens with zero attached hydrogens (tertiary/aromatic N) is 1. The number of carboxylic acid groups (broad SMARTS) is 1. The summed E-state index contributed by atoms with van der Waals surface area (Å²) in [6.07, 6.45) is 1.36. The molecule has 0 radical (unpaired) electrons. The smallest absolute Gasteiger partial charge is 0.317 e. The van der Waals surface area contributed by atoms with Gasteiger partial charge in [0.2, 0.25) is 0 Å². The van der Waals surface area contributed by atoms with Crippen molar-refractivity contribution < 1.29 is 14.7 Å². The van der Waals surface area contributed by atoms with E-state index in [1.54, 1.807) is 4.90 Å². The predicted octanol–water partition coefficient (Wildman–Crippen LogP) is 3.12. The second-order valence-corrected chi connectivity index (χ2v) is 7.11. The maximum atomic E-state index is 12.3. The summed E-state index contributed by atoms with van der Waals surface area (Å²) in [5, 5.41) is 12.7. The fraction of sp³-hybridized carbons (Fsp3) is 0.529. The van der Waals surface area contributed by atoms with E-state index in [-0.39, 0.29) is 18.0 Å². The molecule has 0 spiro atoms. The van der Waals surface area contributed by atoms with Crippen molar-refractivity contribution in [3.05, 3.63) is 34.9 Å². The molecule has 1 aromatic carbocycles. The van der Waals surface area contributed by atoms with Crippen molar-refractivity contribution in [1.29, 1.82) is 0 Å². The first kappa shape index (κ1) is 17.6. The lowest BCUT2D eigenvalue weighted by Gasteiger charge is -2.32. The fourth-order valence-corrected chi connectivity index (χ4v) is 2.90. The van der Waals surface area contributed by atoms with E-state index in [4.69, 9.17) is 16.7 Å². The van der Waals surface area contributed by atoms with Gasteiger partial charge in [0.1, 0.15) is 0 Å². The van der Waals surface area contributed by atoms with Crippen molar-refractivity contribution in [3.8, 4) is 0 Å². The number of hydrogen-bond donors (Lipinski definition) is 2. The number of nitrogens with one attached hydrogen (secondary N) is 1. The normalized spacial score (nSPS) is 18.6. The van der Waals surface area contributed by atoms with Crippen LogP contribution in [-0.2, 0) is 10.2 Å². The van der Waals surface area contributed by atoms with Gasteiger partial charge in [-0.1, -0.05) is 37.6 Å². The third kappa shape index (κ3) is 4.61. The van der Waals surface area contributed by atoms with Crippen LogP contribution in [0.2, 0.25) is 5.02 Å². The molecule has 1 aliphatic rings. The van der Waals surface area contributed by atoms with Crippen LogP contribution in [0, 0.1) is 5.92 Å². The van der Waals surface area contributed by atoms with E-state index >= 15 is 0 Å². The molecule has 23 heavy (non-hydrogen) atoms. The Balaban J connectivity index is 1.92. The van der Waals surface area contributed by atoms with E-state index < -0.39 is 11.9 Å². The Bertz CT molecular complexity index is 572. The summed E-state index contributed by atoms with van der Waals surface area (Å²) in [5.74, 6) is -1.29. The summed E-state index contributed by atoms with van der Waals surface area (Å²) in [4.78, 5) is 25.0. The molecule has 2 amide bonds. The summed E-state index contributed by atoms with van der Waals surface area (Å²) >= 11 is 5.91. The van der Waals surface area contributed by atoms with E-state index in [2.05, 4.69) is 5.32 Å². The molecule has 1 aromatic rings. The number of carboxylic acids is 1. The first-order valence-corrected chi connectivity index (χ1v) is 8.19. The van der Waals surface area contributed by atoms with Crippen LogP contribution < -0.4 is 5.32 Å². The van der Waals surface area contributed by atoms with Crippen LogP contribution in [-0.4, -0.2) is 41.6 Å². The Labute approximate surface area is 141 Å². The second kappa shape index (κ2) is 7.21. The lowest BCUT2D eigenvalue weighted by atomic mass is 9.84. The Kier molecular flexibility index (Phi) is 5.52. The molecule has 2 N–H and O–H groups in total. The average molecular weight is 339 g/mol. The van der Waals surface area contributed by atoms with Crippen LogP contribution in [0.3, 0.4) is 0 Å². The van der Waals surface area contributed by atoms with Gasteiger partial charge in [0.05, 0.1) is 5.92 Å². The van der Waals surface area contributed by atoms with Crippen LogP contribution in [0.4, 0.5) is 4.79 Å². The molecule has 1 heterocycles. The van der Waals surface area contributed by atoms with Crippen LogP contribution in [0.25, 0.3) is 0 Å². The van der Waals surface area contributed by atoms with Crippen LogP contribution >= 0.6 is 11.6 Å². The van der Waals surface area contributed by atoms with Gasteiger partial charge >= 0.3 is 12.0 Å². The topological polar surface area (TPSA) is 69.6 Å². The second-order valence-electron chi connectivity index (χ2n) is 6.67. The standard InChI is InChI=1S/C17H23ClN2O3/c1-17(2,13-5-7-14(18)8-6-13)11-19-16(23)20-9-3-4-12(10-20)15(21)22/h5-8,12H,3-4,9-11H2,1-2H3,(H,19,23)(H,21,22). The molecule has 1 unspecified atom stereocenters. The Morgan fingerprint density at radius 1 is 1.35 bits per heavy atom. The number of halogens is 1. The SMILES string of the molecule is CC(C)(CNC(=O)N1CCCC(C(=O)O)C1)c1ccc(Cl)cc1. The van der Waals surface area contributed by atoms with Gasteiger partial charge in [-0.25, -0.2) is 4.79 Å². The van der Waals surface area contributed by atoms with Crippen molar-refractivity contribution in [2.75, 3.05) is 19.6 Å². The Morgan fingerprint density at radius 3 is 2.61 bits per heavy atom. The number of carbonyl (C=O) groups excluding carboxylic acids is 1. The van der Waals surface area contributed by atoms with Crippen molar-refractivity contribution in [2.45, 2.75) is 32.1 Å². The number of amides is 2. The molecule has 0 saturated carbocycles. The number of aliphatic carboxylic acids is 1. The van der Waals surface area contributed by atoms with E-state index in [9.17, 15) is 9.59 Å². The molecule has 1 aliphatic heterocycles. The summed E-state index contributed by atoms with van der Waals surface area (Å²) in [6, 6.07) is 7.38. The van der Waals surface area contributed by atoms with Gasteiger partial charge in [-0.2, -0.15) is 0 Å². The Hall–Kier alpha value is -1.75. The van der Waals surface area contributed by atoms with E-state index in [0.29, 0.717) is 24.5 Å². The van der Waals surface area contributed by atoms with Gasteiger partial charge in [-0.3, -0.25) is 4.79 Å². The third-order valence-electron chi connectivity index (χ3n) is 4.37. The average Bonchev–Trinajstić information content (AvgIpc) is 2.53. The number of benzene rings is 1. The lowest BCUT2D eigenvalue weighted by molar-refractivity contribution is -0.143. The maximum absolute atomic E-state index is 12.3. The van der Waals surface area contributed by atoms with Crippen LogP contribution in [0.5, 0.6) is 0 Å². The number of hydrogen-bond acceptors (Lipinski definition) is 2. The molecule has 1 fully saturated rings. The molecule has 0 bridgehead atoms. The number of likely N-dealkylation sites (tertiary alicyclic amines) is 1. The highest BCUT2D eigenvalue weighted by atomic mass is 35.5. The number of piperidine rings is 1. The zero-order valence-electron chi connectivity index (χ0n) is 13.5. The van der Waals surface area contributed by atoms with Gasteiger partial charge in [0, 0.05) is 30.1 Å². The highest BCUT2D eigenvalue weighted by Crippen LogP contribution is 2.24. The maximum Gasteiger partial charge on any atom is 0.317 e. The number of carbonyl (C=O) groups is 2. The van der Waals surface area contributed by atoms with Gasteiger partial charge < -0.3 is 15.3 Å². The molecular weight excluding hydrogens is 316 g/mol. The van der Waals surface area contributed by atoms with Crippen molar-refractivity contribution in [2.24, 2.45) is 5.92 Å². The quantitative estimate of drug-likeness (QED) is 0.886. The molecule has 5 nitrogen and oxygen atoms in total. The van der Waals surface area contributed by atoms with Gasteiger partial charge in [0.15, 0.2) is 0 Å². The molecule has 2 rings (SSSR count). The summed E-state index contributed by atoms with van der Waals surface area (Å²) in [7, 11) is 0. The molecule has 1 atom stereocenters. The minimum Gasteiger partial charge on any atom is -0.481 e.